The highest BCUT2D eigenvalue weighted by Gasteiger charge is 2.33. The predicted octanol–water partition coefficient (Wildman–Crippen LogP) is 3.54. The molecular formula is C17H13ClFN5OS. The Bertz CT molecular complexity index is 974. The summed E-state index contributed by atoms with van der Waals surface area (Å²) >= 11 is 7.59. The van der Waals surface area contributed by atoms with Crippen molar-refractivity contribution in [3.8, 4) is 5.95 Å². The van der Waals surface area contributed by atoms with E-state index in [0.717, 1.165) is 0 Å². The molecule has 9 heteroatoms. The largest absolute Gasteiger partial charge is 0.309 e. The molecule has 0 radical (unpaired) electrons. The van der Waals surface area contributed by atoms with Crippen LogP contribution in [0.2, 0.25) is 5.02 Å². The van der Waals surface area contributed by atoms with Crippen molar-refractivity contribution in [3.63, 3.8) is 0 Å². The van der Waals surface area contributed by atoms with Crippen LogP contribution in [-0.2, 0) is 4.79 Å². The van der Waals surface area contributed by atoms with Gasteiger partial charge in [-0.15, -0.1) is 11.8 Å². The van der Waals surface area contributed by atoms with E-state index in [4.69, 9.17) is 11.6 Å². The number of thioether (sulfide) groups is 1. The number of benzene rings is 1. The fraction of sp³-hybridized carbons (Fsp3) is 0.176. The first-order valence-electron chi connectivity index (χ1n) is 7.78. The molecule has 1 aromatic carbocycles. The molecule has 26 heavy (non-hydrogen) atoms. The Balaban J connectivity index is 1.95. The van der Waals surface area contributed by atoms with Crippen LogP contribution in [0.25, 0.3) is 5.95 Å². The first kappa shape index (κ1) is 17.0. The third kappa shape index (κ3) is 2.85. The maximum Gasteiger partial charge on any atom is 0.252 e. The number of hydrogen-bond acceptors (Lipinski definition) is 5. The standard InChI is InChI=1S/C17H13ClFN5OS/c1-9-13-15(14-10(18)4-2-5-11(14)19)26-8-12(25)22-16(13)24(23-9)17-20-6-3-7-21-17/h2-7,15H,8H2,1H3,(H,22,25)/t15-/m1/s1. The van der Waals surface area contributed by atoms with Crippen molar-refractivity contribution in [2.24, 2.45) is 0 Å². The molecule has 4 rings (SSSR count). The minimum absolute atomic E-state index is 0.166. The van der Waals surface area contributed by atoms with Crippen LogP contribution in [0.4, 0.5) is 10.2 Å². The number of halogens is 2. The van der Waals surface area contributed by atoms with Crippen LogP contribution >= 0.6 is 23.4 Å². The van der Waals surface area contributed by atoms with Crippen molar-refractivity contribution in [1.82, 2.24) is 19.7 Å². The molecule has 0 fully saturated rings. The zero-order chi connectivity index (χ0) is 18.3. The number of carbonyl (C=O) groups excluding carboxylic acids is 1. The second-order valence-electron chi connectivity index (χ2n) is 5.68. The van der Waals surface area contributed by atoms with Gasteiger partial charge in [0, 0.05) is 28.5 Å². The molecule has 0 bridgehead atoms. The second-order valence-corrected chi connectivity index (χ2v) is 7.18. The highest BCUT2D eigenvalue weighted by atomic mass is 35.5. The van der Waals surface area contributed by atoms with Crippen molar-refractivity contribution in [2.75, 3.05) is 11.1 Å². The topological polar surface area (TPSA) is 72.7 Å². The van der Waals surface area contributed by atoms with E-state index in [1.165, 1.54) is 22.5 Å². The van der Waals surface area contributed by atoms with E-state index in [9.17, 15) is 9.18 Å². The van der Waals surface area contributed by atoms with E-state index in [0.29, 0.717) is 33.6 Å². The van der Waals surface area contributed by atoms with Crippen molar-refractivity contribution in [2.45, 2.75) is 12.2 Å². The number of nitrogens with zero attached hydrogens (tertiary/aromatic N) is 4. The van der Waals surface area contributed by atoms with Gasteiger partial charge in [0.25, 0.3) is 5.95 Å². The van der Waals surface area contributed by atoms with Gasteiger partial charge in [-0.05, 0) is 25.1 Å². The van der Waals surface area contributed by atoms with Crippen LogP contribution in [0.1, 0.15) is 22.1 Å². The average molecular weight is 390 g/mol. The Morgan fingerprint density at radius 1 is 1.27 bits per heavy atom. The minimum Gasteiger partial charge on any atom is -0.309 e. The molecule has 6 nitrogen and oxygen atoms in total. The Labute approximate surface area is 157 Å². The highest BCUT2D eigenvalue weighted by molar-refractivity contribution is 8.00. The molecule has 1 N–H and O–H groups in total. The number of hydrogen-bond donors (Lipinski definition) is 1. The molecule has 2 aromatic heterocycles. The quantitative estimate of drug-likeness (QED) is 0.725. The highest BCUT2D eigenvalue weighted by Crippen LogP contribution is 2.46. The maximum absolute atomic E-state index is 14.6. The van der Waals surface area contributed by atoms with Crippen LogP contribution in [-0.4, -0.2) is 31.4 Å². The number of aromatic nitrogens is 4. The summed E-state index contributed by atoms with van der Waals surface area (Å²) < 4.78 is 16.0. The Hall–Kier alpha value is -2.45. The summed E-state index contributed by atoms with van der Waals surface area (Å²) in [5, 5.41) is 7.15. The minimum atomic E-state index is -0.477. The van der Waals surface area contributed by atoms with Crippen molar-refractivity contribution >= 4 is 35.1 Å². The van der Waals surface area contributed by atoms with E-state index in [2.05, 4.69) is 20.4 Å². The summed E-state index contributed by atoms with van der Waals surface area (Å²) in [6, 6.07) is 6.25. The lowest BCUT2D eigenvalue weighted by Crippen LogP contribution is -2.16. The van der Waals surface area contributed by atoms with Crippen LogP contribution in [0.15, 0.2) is 36.7 Å². The molecule has 0 saturated carbocycles. The molecule has 0 unspecified atom stereocenters. The molecule has 1 atom stereocenters. The van der Waals surface area contributed by atoms with Crippen molar-refractivity contribution in [1.29, 1.82) is 0 Å². The van der Waals surface area contributed by atoms with Crippen molar-refractivity contribution < 1.29 is 9.18 Å². The molecule has 3 heterocycles. The lowest BCUT2D eigenvalue weighted by Gasteiger charge is -2.17. The van der Waals surface area contributed by atoms with Crippen LogP contribution in [0, 0.1) is 12.7 Å². The average Bonchev–Trinajstić information content (AvgIpc) is 2.83. The van der Waals surface area contributed by atoms with Gasteiger partial charge in [0.05, 0.1) is 16.7 Å². The molecule has 1 amide bonds. The predicted molar refractivity (Wildman–Crippen MR) is 98.2 cm³/mol. The molecular weight excluding hydrogens is 377 g/mol. The number of fused-ring (bicyclic) bond motifs is 1. The summed E-state index contributed by atoms with van der Waals surface area (Å²) in [5.41, 5.74) is 1.68. The maximum atomic E-state index is 14.6. The first-order chi connectivity index (χ1) is 12.6. The summed E-state index contributed by atoms with van der Waals surface area (Å²) in [5.74, 6) is 0.302. The molecule has 132 valence electrons. The molecule has 3 aromatic rings. The van der Waals surface area contributed by atoms with Crippen LogP contribution in [0.3, 0.4) is 0 Å². The zero-order valence-electron chi connectivity index (χ0n) is 13.6. The van der Waals surface area contributed by atoms with Gasteiger partial charge in [-0.25, -0.2) is 14.4 Å². The van der Waals surface area contributed by atoms with Gasteiger partial charge in [-0.1, -0.05) is 17.7 Å². The molecule has 0 saturated heterocycles. The third-order valence-corrected chi connectivity index (χ3v) is 5.57. The lowest BCUT2D eigenvalue weighted by atomic mass is 10.0. The van der Waals surface area contributed by atoms with Gasteiger partial charge in [-0.3, -0.25) is 4.79 Å². The fourth-order valence-electron chi connectivity index (χ4n) is 2.92. The first-order valence-corrected chi connectivity index (χ1v) is 9.21. The van der Waals surface area contributed by atoms with Gasteiger partial charge >= 0.3 is 0 Å². The number of anilines is 1. The fourth-order valence-corrected chi connectivity index (χ4v) is 4.50. The van der Waals surface area contributed by atoms with E-state index in [1.807, 2.05) is 0 Å². The number of nitrogens with one attached hydrogen (secondary N) is 1. The van der Waals surface area contributed by atoms with Gasteiger partial charge in [0.2, 0.25) is 5.91 Å². The molecule has 0 spiro atoms. The SMILES string of the molecule is Cc1nn(-c2ncccn2)c2c1[C@H](c1c(F)cccc1Cl)SCC(=O)N2. The summed E-state index contributed by atoms with van der Waals surface area (Å²) in [6.07, 6.45) is 3.18. The Kier molecular flexibility index (Phi) is 4.37. The van der Waals surface area contributed by atoms with E-state index < -0.39 is 11.1 Å². The molecule has 1 aliphatic heterocycles. The normalized spacial score (nSPS) is 16.7. The van der Waals surface area contributed by atoms with Gasteiger partial charge in [-0.2, -0.15) is 9.78 Å². The smallest absolute Gasteiger partial charge is 0.252 e. The van der Waals surface area contributed by atoms with Gasteiger partial charge in [0.15, 0.2) is 0 Å². The molecule has 1 aliphatic rings. The summed E-state index contributed by atoms with van der Waals surface area (Å²) in [4.78, 5) is 20.6. The van der Waals surface area contributed by atoms with E-state index in [-0.39, 0.29) is 11.7 Å². The third-order valence-electron chi connectivity index (χ3n) is 4.01. The zero-order valence-corrected chi connectivity index (χ0v) is 15.2. The number of aryl methyl sites for hydroxylation is 1. The lowest BCUT2D eigenvalue weighted by molar-refractivity contribution is -0.113. The van der Waals surface area contributed by atoms with Crippen molar-refractivity contribution in [3.05, 3.63) is 64.3 Å². The molecule has 0 aliphatic carbocycles. The van der Waals surface area contributed by atoms with E-state index >= 15 is 0 Å². The van der Waals surface area contributed by atoms with E-state index in [1.54, 1.807) is 37.5 Å². The van der Waals surface area contributed by atoms with Crippen LogP contribution in [0.5, 0.6) is 0 Å². The second kappa shape index (κ2) is 6.69. The summed E-state index contributed by atoms with van der Waals surface area (Å²) in [6.45, 7) is 1.80. The Morgan fingerprint density at radius 2 is 2.04 bits per heavy atom. The number of rotatable bonds is 2. The summed E-state index contributed by atoms with van der Waals surface area (Å²) in [7, 11) is 0. The monoisotopic (exact) mass is 389 g/mol. The number of amides is 1. The Morgan fingerprint density at radius 3 is 2.77 bits per heavy atom. The van der Waals surface area contributed by atoms with Crippen LogP contribution < -0.4 is 5.32 Å². The van der Waals surface area contributed by atoms with Gasteiger partial charge < -0.3 is 5.32 Å². The van der Waals surface area contributed by atoms with Gasteiger partial charge in [0.1, 0.15) is 11.6 Å². The number of carbonyl (C=O) groups is 1.